The zero-order chi connectivity index (χ0) is 14.5. The second-order valence-electron chi connectivity index (χ2n) is 4.21. The zero-order valence-electron chi connectivity index (χ0n) is 11.3. The molecule has 0 radical (unpaired) electrons. The fourth-order valence-electron chi connectivity index (χ4n) is 1.68. The van der Waals surface area contributed by atoms with E-state index in [-0.39, 0.29) is 5.91 Å². The van der Waals surface area contributed by atoms with Gasteiger partial charge in [0.15, 0.2) is 0 Å². The van der Waals surface area contributed by atoms with Gasteiger partial charge in [-0.3, -0.25) is 4.79 Å². The Labute approximate surface area is 122 Å². The lowest BCUT2D eigenvalue weighted by molar-refractivity contribution is -0.114. The Hall–Kier alpha value is -2.14. The van der Waals surface area contributed by atoms with Crippen LogP contribution in [0.15, 0.2) is 47.4 Å². The van der Waals surface area contributed by atoms with Crippen LogP contribution >= 0.6 is 11.8 Å². The molecule has 2 rings (SSSR count). The summed E-state index contributed by atoms with van der Waals surface area (Å²) in [4.78, 5) is 12.3. The average molecular weight is 288 g/mol. The summed E-state index contributed by atoms with van der Waals surface area (Å²) < 4.78 is 5.74. The summed E-state index contributed by atoms with van der Waals surface area (Å²) in [5.74, 6) is 1.19. The van der Waals surface area contributed by atoms with E-state index >= 15 is 0 Å². The van der Waals surface area contributed by atoms with Crippen molar-refractivity contribution >= 4 is 29.0 Å². The van der Waals surface area contributed by atoms with Gasteiger partial charge in [0.2, 0.25) is 5.91 Å². The second kappa shape index (κ2) is 6.34. The van der Waals surface area contributed by atoms with Gasteiger partial charge in [0, 0.05) is 17.9 Å². The Kier molecular flexibility index (Phi) is 4.53. The fraction of sp³-hybridized carbons (Fsp3) is 0.133. The molecule has 0 aliphatic heterocycles. The zero-order valence-corrected chi connectivity index (χ0v) is 12.2. The standard InChI is InChI=1S/C15H16N2O2S/c1-10(18)17-15-9-12(5-8-14(15)16)19-11-3-6-13(20-2)7-4-11/h3-9H,16H2,1-2H3,(H,17,18). The molecule has 5 heteroatoms. The SMILES string of the molecule is CSc1ccc(Oc2ccc(N)c(NC(C)=O)c2)cc1. The van der Waals surface area contributed by atoms with Gasteiger partial charge in [-0.2, -0.15) is 0 Å². The molecule has 0 bridgehead atoms. The maximum absolute atomic E-state index is 11.1. The molecule has 3 N–H and O–H groups in total. The van der Waals surface area contributed by atoms with Crippen molar-refractivity contribution < 1.29 is 9.53 Å². The maximum Gasteiger partial charge on any atom is 0.221 e. The Morgan fingerprint density at radius 2 is 1.80 bits per heavy atom. The van der Waals surface area contributed by atoms with Gasteiger partial charge in [0.05, 0.1) is 11.4 Å². The van der Waals surface area contributed by atoms with Crippen molar-refractivity contribution in [3.63, 3.8) is 0 Å². The van der Waals surface area contributed by atoms with E-state index in [0.717, 1.165) is 5.75 Å². The molecule has 0 unspecified atom stereocenters. The van der Waals surface area contributed by atoms with E-state index < -0.39 is 0 Å². The minimum atomic E-state index is -0.168. The van der Waals surface area contributed by atoms with Crippen LogP contribution in [0, 0.1) is 0 Å². The topological polar surface area (TPSA) is 64.3 Å². The number of nitrogen functional groups attached to an aromatic ring is 1. The molecule has 0 heterocycles. The van der Waals surface area contributed by atoms with Crippen molar-refractivity contribution in [1.29, 1.82) is 0 Å². The molecule has 2 aromatic rings. The highest BCUT2D eigenvalue weighted by Crippen LogP contribution is 2.29. The molecule has 1 amide bonds. The maximum atomic E-state index is 11.1. The highest BCUT2D eigenvalue weighted by Gasteiger charge is 2.04. The van der Waals surface area contributed by atoms with E-state index in [1.54, 1.807) is 30.0 Å². The molecular weight excluding hydrogens is 272 g/mol. The molecule has 0 aliphatic carbocycles. The lowest BCUT2D eigenvalue weighted by atomic mass is 10.2. The summed E-state index contributed by atoms with van der Waals surface area (Å²) >= 11 is 1.68. The van der Waals surface area contributed by atoms with Gasteiger partial charge in [-0.15, -0.1) is 11.8 Å². The Balaban J connectivity index is 2.18. The lowest BCUT2D eigenvalue weighted by Gasteiger charge is -2.10. The lowest BCUT2D eigenvalue weighted by Crippen LogP contribution is -2.08. The highest BCUT2D eigenvalue weighted by molar-refractivity contribution is 7.98. The fourth-order valence-corrected chi connectivity index (χ4v) is 2.08. The molecule has 104 valence electrons. The first-order valence-electron chi connectivity index (χ1n) is 6.07. The third-order valence-electron chi connectivity index (χ3n) is 2.63. The molecule has 0 atom stereocenters. The van der Waals surface area contributed by atoms with E-state index in [1.807, 2.05) is 30.5 Å². The van der Waals surface area contributed by atoms with Gasteiger partial charge < -0.3 is 15.8 Å². The van der Waals surface area contributed by atoms with Crippen LogP contribution < -0.4 is 15.8 Å². The van der Waals surface area contributed by atoms with Crippen LogP contribution in [-0.2, 0) is 4.79 Å². The molecule has 20 heavy (non-hydrogen) atoms. The van der Waals surface area contributed by atoms with E-state index in [1.165, 1.54) is 11.8 Å². The number of carbonyl (C=O) groups excluding carboxylic acids is 1. The summed E-state index contributed by atoms with van der Waals surface area (Å²) in [6.45, 7) is 1.44. The van der Waals surface area contributed by atoms with E-state index in [2.05, 4.69) is 5.32 Å². The van der Waals surface area contributed by atoms with Crippen LogP contribution in [0.4, 0.5) is 11.4 Å². The summed E-state index contributed by atoms with van der Waals surface area (Å²) in [5, 5.41) is 2.67. The van der Waals surface area contributed by atoms with Gasteiger partial charge in [0.1, 0.15) is 11.5 Å². The third kappa shape index (κ3) is 3.68. The van der Waals surface area contributed by atoms with Gasteiger partial charge in [-0.05, 0) is 42.7 Å². The van der Waals surface area contributed by atoms with Crippen LogP contribution in [0.25, 0.3) is 0 Å². The first-order valence-corrected chi connectivity index (χ1v) is 7.30. The highest BCUT2D eigenvalue weighted by atomic mass is 32.2. The summed E-state index contributed by atoms with van der Waals surface area (Å²) in [6, 6.07) is 13.0. The van der Waals surface area contributed by atoms with Crippen LogP contribution in [0.3, 0.4) is 0 Å². The van der Waals surface area contributed by atoms with Crippen molar-refractivity contribution in [2.45, 2.75) is 11.8 Å². The molecule has 4 nitrogen and oxygen atoms in total. The quantitative estimate of drug-likeness (QED) is 0.664. The first kappa shape index (κ1) is 14.3. The predicted octanol–water partition coefficient (Wildman–Crippen LogP) is 3.74. The third-order valence-corrected chi connectivity index (χ3v) is 3.37. The van der Waals surface area contributed by atoms with E-state index in [9.17, 15) is 4.79 Å². The minimum Gasteiger partial charge on any atom is -0.457 e. The molecule has 2 aromatic carbocycles. The second-order valence-corrected chi connectivity index (χ2v) is 5.09. The Morgan fingerprint density at radius 3 is 2.40 bits per heavy atom. The molecule has 0 fully saturated rings. The van der Waals surface area contributed by atoms with Crippen LogP contribution in [0.2, 0.25) is 0 Å². The largest absolute Gasteiger partial charge is 0.457 e. The number of hydrogen-bond donors (Lipinski definition) is 2. The number of nitrogens with two attached hydrogens (primary N) is 1. The number of thioether (sulfide) groups is 1. The summed E-state index contributed by atoms with van der Waals surface area (Å²) in [5.41, 5.74) is 6.85. The van der Waals surface area contributed by atoms with Gasteiger partial charge in [-0.1, -0.05) is 0 Å². The molecule has 0 aromatic heterocycles. The van der Waals surface area contributed by atoms with Crippen molar-refractivity contribution in [2.75, 3.05) is 17.3 Å². The number of ether oxygens (including phenoxy) is 1. The predicted molar refractivity (Wildman–Crippen MR) is 83.5 cm³/mol. The number of nitrogens with one attached hydrogen (secondary N) is 1. The Bertz CT molecular complexity index is 612. The normalized spacial score (nSPS) is 10.1. The number of amides is 1. The van der Waals surface area contributed by atoms with E-state index in [4.69, 9.17) is 10.5 Å². The molecule has 0 saturated carbocycles. The van der Waals surface area contributed by atoms with Crippen molar-refractivity contribution in [3.05, 3.63) is 42.5 Å². The van der Waals surface area contributed by atoms with Crippen LogP contribution in [0.1, 0.15) is 6.92 Å². The smallest absolute Gasteiger partial charge is 0.221 e. The number of carbonyl (C=O) groups is 1. The molecule has 0 saturated heterocycles. The van der Waals surface area contributed by atoms with Crippen LogP contribution in [0.5, 0.6) is 11.5 Å². The molecule has 0 spiro atoms. The number of rotatable bonds is 4. The molecule has 0 aliphatic rings. The summed E-state index contributed by atoms with van der Waals surface area (Å²) in [7, 11) is 0. The number of benzene rings is 2. The first-order chi connectivity index (χ1) is 9.58. The van der Waals surface area contributed by atoms with Gasteiger partial charge >= 0.3 is 0 Å². The monoisotopic (exact) mass is 288 g/mol. The summed E-state index contributed by atoms with van der Waals surface area (Å²) in [6.07, 6.45) is 2.02. The van der Waals surface area contributed by atoms with Crippen molar-refractivity contribution in [2.24, 2.45) is 0 Å². The van der Waals surface area contributed by atoms with Crippen LogP contribution in [-0.4, -0.2) is 12.2 Å². The molecular formula is C15H16N2O2S. The minimum absolute atomic E-state index is 0.168. The van der Waals surface area contributed by atoms with E-state index in [0.29, 0.717) is 17.1 Å². The van der Waals surface area contributed by atoms with Crippen molar-refractivity contribution in [1.82, 2.24) is 0 Å². The number of anilines is 2. The van der Waals surface area contributed by atoms with Gasteiger partial charge in [0.25, 0.3) is 0 Å². The van der Waals surface area contributed by atoms with Gasteiger partial charge in [-0.25, -0.2) is 0 Å². The van der Waals surface area contributed by atoms with Crippen molar-refractivity contribution in [3.8, 4) is 11.5 Å². The average Bonchev–Trinajstić information content (AvgIpc) is 2.43. The Morgan fingerprint density at radius 1 is 1.15 bits per heavy atom. The number of hydrogen-bond acceptors (Lipinski definition) is 4.